The first-order valence-corrected chi connectivity index (χ1v) is 7.37. The molecule has 0 bridgehead atoms. The van der Waals surface area contributed by atoms with Crippen LogP contribution in [0.15, 0.2) is 18.2 Å². The van der Waals surface area contributed by atoms with Crippen LogP contribution in [-0.2, 0) is 5.41 Å². The molecule has 2 amide bonds. The number of carbonyl (C=O) groups is 1. The van der Waals surface area contributed by atoms with Crippen molar-refractivity contribution in [2.24, 2.45) is 0 Å². The van der Waals surface area contributed by atoms with E-state index >= 15 is 0 Å². The lowest BCUT2D eigenvalue weighted by atomic mass is 9.84. The van der Waals surface area contributed by atoms with Crippen LogP contribution in [0.25, 0.3) is 0 Å². The van der Waals surface area contributed by atoms with E-state index in [1.54, 1.807) is 14.2 Å². The van der Waals surface area contributed by atoms with Gasteiger partial charge in [0.15, 0.2) is 11.5 Å². The zero-order chi connectivity index (χ0) is 17.0. The second kappa shape index (κ2) is 6.90. The lowest BCUT2D eigenvalue weighted by molar-refractivity contribution is 0.229. The summed E-state index contributed by atoms with van der Waals surface area (Å²) >= 11 is 0. The first kappa shape index (κ1) is 18.1. The molecule has 0 heterocycles. The fraction of sp³-hybridized carbons (Fsp3) is 0.588. The van der Waals surface area contributed by atoms with E-state index < -0.39 is 0 Å². The summed E-state index contributed by atoms with van der Waals surface area (Å²) in [4.78, 5) is 11.9. The molecule has 0 radical (unpaired) electrons. The molecular formula is C17H28N2O3. The van der Waals surface area contributed by atoms with E-state index in [1.165, 1.54) is 0 Å². The summed E-state index contributed by atoms with van der Waals surface area (Å²) in [5.41, 5.74) is 0.591. The summed E-state index contributed by atoms with van der Waals surface area (Å²) in [5.74, 6) is 1.38. The number of methoxy groups -OCH3 is 2. The van der Waals surface area contributed by atoms with E-state index in [1.807, 2.05) is 39.0 Å². The Morgan fingerprint density at radius 2 is 1.64 bits per heavy atom. The number of hydrogen-bond donors (Lipinski definition) is 2. The summed E-state index contributed by atoms with van der Waals surface area (Å²) in [5, 5.41) is 5.81. The molecule has 22 heavy (non-hydrogen) atoms. The van der Waals surface area contributed by atoms with Gasteiger partial charge in [-0.3, -0.25) is 0 Å². The number of nitrogens with one attached hydrogen (secondary N) is 2. The standard InChI is InChI=1S/C17H28N2O3/c1-16(2,3)19-15(20)18-11-17(4,5)12-8-9-13(21-6)14(10-12)22-7/h8-10H,11H2,1-7H3,(H2,18,19,20). The second-order valence-corrected chi connectivity index (χ2v) is 7.01. The molecule has 0 saturated heterocycles. The average molecular weight is 308 g/mol. The van der Waals surface area contributed by atoms with Gasteiger partial charge in [-0.25, -0.2) is 4.79 Å². The maximum atomic E-state index is 11.9. The van der Waals surface area contributed by atoms with Crippen molar-refractivity contribution >= 4 is 6.03 Å². The fourth-order valence-electron chi connectivity index (χ4n) is 2.05. The van der Waals surface area contributed by atoms with Gasteiger partial charge >= 0.3 is 6.03 Å². The van der Waals surface area contributed by atoms with Crippen molar-refractivity contribution in [3.8, 4) is 11.5 Å². The maximum absolute atomic E-state index is 11.9. The van der Waals surface area contributed by atoms with Crippen LogP contribution in [0.1, 0.15) is 40.2 Å². The highest BCUT2D eigenvalue weighted by molar-refractivity contribution is 5.74. The van der Waals surface area contributed by atoms with Gasteiger partial charge in [0.05, 0.1) is 14.2 Å². The number of hydrogen-bond acceptors (Lipinski definition) is 3. The molecule has 0 atom stereocenters. The highest BCUT2D eigenvalue weighted by atomic mass is 16.5. The second-order valence-electron chi connectivity index (χ2n) is 7.01. The highest BCUT2D eigenvalue weighted by Gasteiger charge is 2.24. The minimum atomic E-state index is -0.252. The maximum Gasteiger partial charge on any atom is 0.315 e. The Morgan fingerprint density at radius 3 is 2.14 bits per heavy atom. The Labute approximate surface area is 133 Å². The van der Waals surface area contributed by atoms with Crippen molar-refractivity contribution in [3.63, 3.8) is 0 Å². The monoisotopic (exact) mass is 308 g/mol. The quantitative estimate of drug-likeness (QED) is 0.879. The van der Waals surface area contributed by atoms with Crippen LogP contribution in [-0.4, -0.2) is 32.3 Å². The first-order chi connectivity index (χ1) is 10.1. The molecule has 0 unspecified atom stereocenters. The van der Waals surface area contributed by atoms with E-state index in [9.17, 15) is 4.79 Å². The number of carbonyl (C=O) groups excluding carboxylic acids is 1. The van der Waals surface area contributed by atoms with Gasteiger partial charge in [-0.1, -0.05) is 19.9 Å². The number of ether oxygens (including phenoxy) is 2. The smallest absolute Gasteiger partial charge is 0.315 e. The third-order valence-corrected chi connectivity index (χ3v) is 3.34. The predicted molar refractivity (Wildman–Crippen MR) is 88.9 cm³/mol. The zero-order valence-corrected chi connectivity index (χ0v) is 14.7. The normalized spacial score (nSPS) is 11.8. The van der Waals surface area contributed by atoms with E-state index in [4.69, 9.17) is 9.47 Å². The Balaban J connectivity index is 2.80. The van der Waals surface area contributed by atoms with Crippen LogP contribution in [0, 0.1) is 0 Å². The number of benzene rings is 1. The third-order valence-electron chi connectivity index (χ3n) is 3.34. The van der Waals surface area contributed by atoms with Crippen molar-refractivity contribution in [1.29, 1.82) is 0 Å². The number of urea groups is 1. The SMILES string of the molecule is COc1ccc(C(C)(C)CNC(=O)NC(C)(C)C)cc1OC. The molecule has 0 aliphatic heterocycles. The first-order valence-electron chi connectivity index (χ1n) is 7.37. The molecule has 0 spiro atoms. The van der Waals surface area contributed by atoms with Crippen molar-refractivity contribution in [2.75, 3.05) is 20.8 Å². The zero-order valence-electron chi connectivity index (χ0n) is 14.7. The Morgan fingerprint density at radius 1 is 1.05 bits per heavy atom. The van der Waals surface area contributed by atoms with Crippen LogP contribution < -0.4 is 20.1 Å². The summed E-state index contributed by atoms with van der Waals surface area (Å²) in [6.07, 6.45) is 0. The average Bonchev–Trinajstić information content (AvgIpc) is 2.42. The molecule has 2 N–H and O–H groups in total. The Kier molecular flexibility index (Phi) is 5.69. The van der Waals surface area contributed by atoms with Gasteiger partial charge in [-0.05, 0) is 38.5 Å². The summed E-state index contributed by atoms with van der Waals surface area (Å²) in [6.45, 7) is 10.5. The van der Waals surface area contributed by atoms with Crippen molar-refractivity contribution in [3.05, 3.63) is 23.8 Å². The molecule has 5 nitrogen and oxygen atoms in total. The van der Waals surface area contributed by atoms with Gasteiger partial charge in [-0.2, -0.15) is 0 Å². The molecule has 1 aromatic rings. The predicted octanol–water partition coefficient (Wildman–Crippen LogP) is 3.08. The van der Waals surface area contributed by atoms with Gasteiger partial charge in [0.1, 0.15) is 0 Å². The fourth-order valence-corrected chi connectivity index (χ4v) is 2.05. The Bertz CT molecular complexity index is 519. The van der Waals surface area contributed by atoms with Gasteiger partial charge in [0.2, 0.25) is 0 Å². The molecule has 5 heteroatoms. The topological polar surface area (TPSA) is 59.6 Å². The number of amides is 2. The molecule has 0 saturated carbocycles. The molecular weight excluding hydrogens is 280 g/mol. The summed E-state index contributed by atoms with van der Waals surface area (Å²) in [6, 6.07) is 5.65. The van der Waals surface area contributed by atoms with E-state index in [0.29, 0.717) is 18.0 Å². The molecule has 0 aliphatic rings. The van der Waals surface area contributed by atoms with Crippen LogP contribution >= 0.6 is 0 Å². The molecule has 1 rings (SSSR count). The molecule has 0 fully saturated rings. The van der Waals surface area contributed by atoms with E-state index in [2.05, 4.69) is 24.5 Å². The summed E-state index contributed by atoms with van der Waals surface area (Å²) in [7, 11) is 3.23. The largest absolute Gasteiger partial charge is 0.493 e. The van der Waals surface area contributed by atoms with Crippen molar-refractivity contribution in [1.82, 2.24) is 10.6 Å². The summed E-state index contributed by atoms with van der Waals surface area (Å²) < 4.78 is 10.6. The van der Waals surface area contributed by atoms with Gasteiger partial charge in [-0.15, -0.1) is 0 Å². The minimum absolute atomic E-state index is 0.166. The third kappa shape index (κ3) is 5.13. The van der Waals surface area contributed by atoms with Gasteiger partial charge < -0.3 is 20.1 Å². The molecule has 0 aromatic heterocycles. The van der Waals surface area contributed by atoms with E-state index in [-0.39, 0.29) is 17.0 Å². The van der Waals surface area contributed by atoms with Gasteiger partial charge in [0.25, 0.3) is 0 Å². The van der Waals surface area contributed by atoms with Crippen LogP contribution in [0.3, 0.4) is 0 Å². The van der Waals surface area contributed by atoms with Crippen LogP contribution in [0.5, 0.6) is 11.5 Å². The Hall–Kier alpha value is -1.91. The molecule has 1 aromatic carbocycles. The molecule has 124 valence electrons. The van der Waals surface area contributed by atoms with Crippen molar-refractivity contribution in [2.45, 2.75) is 45.6 Å². The molecule has 0 aliphatic carbocycles. The highest BCUT2D eigenvalue weighted by Crippen LogP contribution is 2.32. The minimum Gasteiger partial charge on any atom is -0.493 e. The lowest BCUT2D eigenvalue weighted by Crippen LogP contribution is -2.49. The van der Waals surface area contributed by atoms with Gasteiger partial charge in [0, 0.05) is 17.5 Å². The van der Waals surface area contributed by atoms with Crippen molar-refractivity contribution < 1.29 is 14.3 Å². The number of rotatable bonds is 5. The van der Waals surface area contributed by atoms with Crippen LogP contribution in [0.2, 0.25) is 0 Å². The van der Waals surface area contributed by atoms with E-state index in [0.717, 1.165) is 5.56 Å². The van der Waals surface area contributed by atoms with Crippen LogP contribution in [0.4, 0.5) is 4.79 Å². The lowest BCUT2D eigenvalue weighted by Gasteiger charge is -2.28.